The summed E-state index contributed by atoms with van der Waals surface area (Å²) in [5, 5.41) is 7.91. The lowest BCUT2D eigenvalue weighted by atomic mass is 10.1. The molecular formula is C22H23N3O2S. The SMILES string of the molecule is COc1ccc(CCC(=O)Nc2c3c(nn2-c2ccccc2C)CSC3)cc1. The van der Waals surface area contributed by atoms with Crippen molar-refractivity contribution in [1.82, 2.24) is 9.78 Å². The lowest BCUT2D eigenvalue weighted by molar-refractivity contribution is -0.116. The fourth-order valence-electron chi connectivity index (χ4n) is 3.36. The van der Waals surface area contributed by atoms with Crippen LogP contribution in [-0.2, 0) is 22.7 Å². The lowest BCUT2D eigenvalue weighted by Gasteiger charge is -2.13. The summed E-state index contributed by atoms with van der Waals surface area (Å²) in [5.74, 6) is 3.42. The number of benzene rings is 2. The zero-order valence-corrected chi connectivity index (χ0v) is 16.9. The van der Waals surface area contributed by atoms with Gasteiger partial charge in [0, 0.05) is 23.5 Å². The van der Waals surface area contributed by atoms with Gasteiger partial charge in [0.2, 0.25) is 5.91 Å². The predicted octanol–water partition coefficient (Wildman–Crippen LogP) is 4.51. The van der Waals surface area contributed by atoms with Gasteiger partial charge in [-0.15, -0.1) is 0 Å². The second-order valence-corrected chi connectivity index (χ2v) is 7.85. The fraction of sp³-hybridized carbons (Fsp3) is 0.273. The monoisotopic (exact) mass is 393 g/mol. The highest BCUT2D eigenvalue weighted by atomic mass is 32.2. The van der Waals surface area contributed by atoms with Crippen molar-refractivity contribution in [1.29, 1.82) is 0 Å². The van der Waals surface area contributed by atoms with Gasteiger partial charge in [0.15, 0.2) is 0 Å². The van der Waals surface area contributed by atoms with Crippen molar-refractivity contribution in [3.05, 3.63) is 70.9 Å². The minimum Gasteiger partial charge on any atom is -0.497 e. The highest BCUT2D eigenvalue weighted by Crippen LogP contribution is 2.36. The van der Waals surface area contributed by atoms with Gasteiger partial charge in [-0.2, -0.15) is 16.9 Å². The molecule has 0 radical (unpaired) electrons. The molecule has 4 rings (SSSR count). The van der Waals surface area contributed by atoms with E-state index in [2.05, 4.69) is 18.3 Å². The first kappa shape index (κ1) is 18.6. The summed E-state index contributed by atoms with van der Waals surface area (Å²) in [7, 11) is 1.65. The van der Waals surface area contributed by atoms with E-state index >= 15 is 0 Å². The number of methoxy groups -OCH3 is 1. The highest BCUT2D eigenvalue weighted by molar-refractivity contribution is 7.98. The number of carbonyl (C=O) groups excluding carboxylic acids is 1. The van der Waals surface area contributed by atoms with Gasteiger partial charge in [0.05, 0.1) is 18.5 Å². The third-order valence-electron chi connectivity index (χ3n) is 4.95. The molecule has 5 nitrogen and oxygen atoms in total. The van der Waals surface area contributed by atoms with Crippen LogP contribution >= 0.6 is 11.8 Å². The smallest absolute Gasteiger partial charge is 0.225 e. The third-order valence-corrected chi connectivity index (χ3v) is 5.92. The number of hydrogen-bond donors (Lipinski definition) is 1. The molecule has 2 aromatic carbocycles. The second-order valence-electron chi connectivity index (χ2n) is 6.86. The van der Waals surface area contributed by atoms with E-state index in [0.717, 1.165) is 51.1 Å². The Morgan fingerprint density at radius 3 is 2.71 bits per heavy atom. The van der Waals surface area contributed by atoms with E-state index in [-0.39, 0.29) is 5.91 Å². The molecule has 0 spiro atoms. The van der Waals surface area contributed by atoms with E-state index in [4.69, 9.17) is 9.84 Å². The van der Waals surface area contributed by atoms with Gasteiger partial charge in [-0.25, -0.2) is 4.68 Å². The number of carbonyl (C=O) groups is 1. The molecule has 0 unspecified atom stereocenters. The van der Waals surface area contributed by atoms with Gasteiger partial charge in [-0.1, -0.05) is 30.3 Å². The van der Waals surface area contributed by atoms with Gasteiger partial charge in [0.25, 0.3) is 0 Å². The molecule has 144 valence electrons. The summed E-state index contributed by atoms with van der Waals surface area (Å²) < 4.78 is 7.08. The Morgan fingerprint density at radius 2 is 1.96 bits per heavy atom. The zero-order chi connectivity index (χ0) is 19.5. The van der Waals surface area contributed by atoms with Crippen molar-refractivity contribution >= 4 is 23.5 Å². The molecule has 1 aromatic heterocycles. The number of fused-ring (bicyclic) bond motifs is 1. The summed E-state index contributed by atoms with van der Waals surface area (Å²) in [6.07, 6.45) is 1.11. The number of nitrogens with zero attached hydrogens (tertiary/aromatic N) is 2. The average molecular weight is 394 g/mol. The van der Waals surface area contributed by atoms with E-state index in [1.165, 1.54) is 0 Å². The van der Waals surface area contributed by atoms with E-state index in [9.17, 15) is 4.79 Å². The predicted molar refractivity (Wildman–Crippen MR) is 113 cm³/mol. The molecule has 2 heterocycles. The van der Waals surface area contributed by atoms with Gasteiger partial charge >= 0.3 is 0 Å². The highest BCUT2D eigenvalue weighted by Gasteiger charge is 2.25. The first-order chi connectivity index (χ1) is 13.7. The maximum atomic E-state index is 12.7. The number of hydrogen-bond acceptors (Lipinski definition) is 4. The summed E-state index contributed by atoms with van der Waals surface area (Å²) in [4.78, 5) is 12.7. The third kappa shape index (κ3) is 3.78. The maximum absolute atomic E-state index is 12.7. The Hall–Kier alpha value is -2.73. The number of para-hydroxylation sites is 1. The van der Waals surface area contributed by atoms with Crippen molar-refractivity contribution in [3.8, 4) is 11.4 Å². The van der Waals surface area contributed by atoms with Crippen molar-refractivity contribution in [3.63, 3.8) is 0 Å². The summed E-state index contributed by atoms with van der Waals surface area (Å²) in [5.41, 5.74) is 5.46. The van der Waals surface area contributed by atoms with E-state index in [0.29, 0.717) is 12.8 Å². The van der Waals surface area contributed by atoms with Crippen LogP contribution in [0.15, 0.2) is 48.5 Å². The molecule has 1 aliphatic rings. The number of ether oxygens (including phenoxy) is 1. The zero-order valence-electron chi connectivity index (χ0n) is 16.1. The number of aryl methyl sites for hydroxylation is 2. The van der Waals surface area contributed by atoms with Gasteiger partial charge in [-0.3, -0.25) is 4.79 Å². The number of rotatable bonds is 6. The molecule has 0 aliphatic carbocycles. The Morgan fingerprint density at radius 1 is 1.18 bits per heavy atom. The van der Waals surface area contributed by atoms with Crippen LogP contribution in [0.2, 0.25) is 0 Å². The number of anilines is 1. The summed E-state index contributed by atoms with van der Waals surface area (Å²) in [6.45, 7) is 2.06. The van der Waals surface area contributed by atoms with Crippen LogP contribution in [0.4, 0.5) is 5.82 Å². The molecule has 6 heteroatoms. The molecular weight excluding hydrogens is 370 g/mol. The van der Waals surface area contributed by atoms with Crippen molar-refractivity contribution in [2.24, 2.45) is 0 Å². The van der Waals surface area contributed by atoms with Gasteiger partial charge in [0.1, 0.15) is 11.6 Å². The lowest BCUT2D eigenvalue weighted by Crippen LogP contribution is -2.17. The number of nitrogens with one attached hydrogen (secondary N) is 1. The van der Waals surface area contributed by atoms with E-state index in [1.807, 2.05) is 58.9 Å². The minimum atomic E-state index is 0.00486. The van der Waals surface area contributed by atoms with Crippen LogP contribution in [0.25, 0.3) is 5.69 Å². The van der Waals surface area contributed by atoms with E-state index in [1.54, 1.807) is 7.11 Å². The minimum absolute atomic E-state index is 0.00486. The summed E-state index contributed by atoms with van der Waals surface area (Å²) >= 11 is 1.83. The number of amides is 1. The molecule has 1 N–H and O–H groups in total. The molecule has 28 heavy (non-hydrogen) atoms. The van der Waals surface area contributed by atoms with E-state index < -0.39 is 0 Å². The van der Waals surface area contributed by atoms with Gasteiger partial charge < -0.3 is 10.1 Å². The van der Waals surface area contributed by atoms with Crippen molar-refractivity contribution < 1.29 is 9.53 Å². The Labute approximate surface area is 169 Å². The molecule has 1 amide bonds. The van der Waals surface area contributed by atoms with Crippen LogP contribution < -0.4 is 10.1 Å². The first-order valence-corrected chi connectivity index (χ1v) is 10.5. The Bertz CT molecular complexity index is 996. The Balaban J connectivity index is 1.52. The molecule has 0 atom stereocenters. The van der Waals surface area contributed by atoms with Crippen LogP contribution in [0.3, 0.4) is 0 Å². The Kier molecular flexibility index (Phi) is 5.39. The summed E-state index contributed by atoms with van der Waals surface area (Å²) in [6, 6.07) is 16.0. The maximum Gasteiger partial charge on any atom is 0.225 e. The molecule has 1 aliphatic heterocycles. The molecule has 0 saturated carbocycles. The van der Waals surface area contributed by atoms with Crippen molar-refractivity contribution in [2.45, 2.75) is 31.3 Å². The largest absolute Gasteiger partial charge is 0.497 e. The first-order valence-electron chi connectivity index (χ1n) is 9.33. The topological polar surface area (TPSA) is 56.1 Å². The fourth-order valence-corrected chi connectivity index (χ4v) is 4.40. The molecule has 0 fully saturated rings. The van der Waals surface area contributed by atoms with Crippen LogP contribution in [0.5, 0.6) is 5.75 Å². The second kappa shape index (κ2) is 8.10. The molecule has 0 saturated heterocycles. The van der Waals surface area contributed by atoms with Crippen LogP contribution in [0, 0.1) is 6.92 Å². The molecule has 0 bridgehead atoms. The quantitative estimate of drug-likeness (QED) is 0.670. The number of aromatic nitrogens is 2. The van der Waals surface area contributed by atoms with Gasteiger partial charge in [-0.05, 0) is 42.7 Å². The average Bonchev–Trinajstić information content (AvgIpc) is 3.30. The number of thioether (sulfide) groups is 1. The molecule has 3 aromatic rings. The standard InChI is InChI=1S/C22H23N3O2S/c1-15-5-3-4-6-20(15)25-22(18-13-28-14-19(18)24-25)23-21(26)12-9-16-7-10-17(27-2)11-8-16/h3-8,10-11H,9,12-14H2,1-2H3,(H,23,26). The normalized spacial score (nSPS) is 12.6. The van der Waals surface area contributed by atoms with Crippen LogP contribution in [-0.4, -0.2) is 22.8 Å². The van der Waals surface area contributed by atoms with Crippen LogP contribution in [0.1, 0.15) is 28.8 Å². The van der Waals surface area contributed by atoms with Crippen molar-refractivity contribution in [2.75, 3.05) is 12.4 Å².